The van der Waals surface area contributed by atoms with Gasteiger partial charge in [-0.1, -0.05) is 0 Å². The molecular weight excluding hydrogens is 216 g/mol. The van der Waals surface area contributed by atoms with Gasteiger partial charge < -0.3 is 14.5 Å². The lowest BCUT2D eigenvalue weighted by atomic mass is 10.1. The molecule has 0 aliphatic carbocycles. The maximum absolute atomic E-state index is 5.55. The fraction of sp³-hybridized carbons (Fsp3) is 0.769. The van der Waals surface area contributed by atoms with Crippen LogP contribution in [0.2, 0.25) is 0 Å². The molecule has 1 aromatic rings. The number of aryl methyl sites for hydroxylation is 1. The minimum Gasteiger partial charge on any atom is -0.443 e. The van der Waals surface area contributed by atoms with Crippen molar-refractivity contribution in [3.05, 3.63) is 17.8 Å². The molecule has 0 bridgehead atoms. The van der Waals surface area contributed by atoms with Crippen molar-refractivity contribution in [1.29, 1.82) is 0 Å². The van der Waals surface area contributed by atoms with E-state index in [9.17, 15) is 0 Å². The Kier molecular flexibility index (Phi) is 5.65. The van der Waals surface area contributed by atoms with Crippen molar-refractivity contribution in [2.24, 2.45) is 0 Å². The van der Waals surface area contributed by atoms with Gasteiger partial charge in [-0.2, -0.15) is 0 Å². The first kappa shape index (κ1) is 14.2. The molecule has 1 N–H and O–H groups in total. The number of oxazole rings is 1. The fourth-order valence-corrected chi connectivity index (χ4v) is 1.44. The lowest BCUT2D eigenvalue weighted by Crippen LogP contribution is -2.36. The average Bonchev–Trinajstić information content (AvgIpc) is 2.68. The number of hydrogen-bond acceptors (Lipinski definition) is 4. The van der Waals surface area contributed by atoms with Crippen molar-refractivity contribution < 1.29 is 9.15 Å². The van der Waals surface area contributed by atoms with Crippen molar-refractivity contribution in [3.8, 4) is 0 Å². The molecule has 0 spiro atoms. The first-order valence-electron chi connectivity index (χ1n) is 6.27. The van der Waals surface area contributed by atoms with Crippen LogP contribution in [0.15, 0.2) is 10.6 Å². The Morgan fingerprint density at radius 2 is 2.18 bits per heavy atom. The van der Waals surface area contributed by atoms with E-state index in [1.807, 2.05) is 6.92 Å². The van der Waals surface area contributed by atoms with E-state index >= 15 is 0 Å². The van der Waals surface area contributed by atoms with Gasteiger partial charge in [0.1, 0.15) is 12.4 Å². The Bertz CT molecular complexity index is 315. The normalized spacial score (nSPS) is 12.0. The van der Waals surface area contributed by atoms with Crippen molar-refractivity contribution in [1.82, 2.24) is 10.3 Å². The van der Waals surface area contributed by atoms with Gasteiger partial charge in [-0.15, -0.1) is 0 Å². The summed E-state index contributed by atoms with van der Waals surface area (Å²) in [5.74, 6) is 1.61. The number of nitrogens with zero attached hydrogens (tertiary/aromatic N) is 1. The van der Waals surface area contributed by atoms with Crippen molar-refractivity contribution in [2.45, 2.75) is 52.7 Å². The molecule has 0 saturated carbocycles. The van der Waals surface area contributed by atoms with Gasteiger partial charge in [0, 0.05) is 18.6 Å². The molecule has 0 amide bonds. The number of ether oxygens (including phenoxy) is 1. The summed E-state index contributed by atoms with van der Waals surface area (Å²) < 4.78 is 10.8. The van der Waals surface area contributed by atoms with Crippen LogP contribution in [0.4, 0.5) is 0 Å². The summed E-state index contributed by atoms with van der Waals surface area (Å²) in [6, 6.07) is 0. The van der Waals surface area contributed by atoms with Crippen molar-refractivity contribution in [3.63, 3.8) is 0 Å². The third-order valence-electron chi connectivity index (χ3n) is 2.27. The molecule has 98 valence electrons. The zero-order chi connectivity index (χ0) is 12.7. The fourth-order valence-electron chi connectivity index (χ4n) is 1.44. The second-order valence-electron chi connectivity index (χ2n) is 5.14. The Morgan fingerprint density at radius 3 is 2.82 bits per heavy atom. The van der Waals surface area contributed by atoms with Crippen LogP contribution >= 0.6 is 0 Å². The summed E-state index contributed by atoms with van der Waals surface area (Å²) in [5, 5.41) is 3.44. The zero-order valence-corrected chi connectivity index (χ0v) is 11.4. The van der Waals surface area contributed by atoms with Gasteiger partial charge in [-0.3, -0.25) is 0 Å². The molecule has 0 aliphatic heterocycles. The van der Waals surface area contributed by atoms with Gasteiger partial charge >= 0.3 is 0 Å². The Labute approximate surface area is 104 Å². The van der Waals surface area contributed by atoms with Crippen LogP contribution in [-0.2, 0) is 17.8 Å². The van der Waals surface area contributed by atoms with E-state index in [1.54, 1.807) is 6.20 Å². The van der Waals surface area contributed by atoms with E-state index in [2.05, 4.69) is 31.1 Å². The summed E-state index contributed by atoms with van der Waals surface area (Å²) in [4.78, 5) is 4.23. The maximum atomic E-state index is 5.55. The van der Waals surface area contributed by atoms with E-state index in [0.717, 1.165) is 31.0 Å². The Morgan fingerprint density at radius 1 is 1.41 bits per heavy atom. The van der Waals surface area contributed by atoms with Gasteiger partial charge in [0.15, 0.2) is 5.89 Å². The SMILES string of the molecule is CCOCc1cnc(CCCNC(C)(C)C)o1. The summed E-state index contributed by atoms with van der Waals surface area (Å²) in [5.41, 5.74) is 0.177. The van der Waals surface area contributed by atoms with Crippen LogP contribution in [-0.4, -0.2) is 23.7 Å². The standard InChI is InChI=1S/C13H24N2O2/c1-5-16-10-11-9-14-12(17-11)7-6-8-15-13(2,3)4/h9,15H,5-8,10H2,1-4H3. The molecule has 0 aliphatic rings. The van der Waals surface area contributed by atoms with Crippen LogP contribution in [0.1, 0.15) is 45.8 Å². The Hall–Kier alpha value is -0.870. The molecule has 1 heterocycles. The molecule has 4 nitrogen and oxygen atoms in total. The minimum atomic E-state index is 0.177. The van der Waals surface area contributed by atoms with E-state index < -0.39 is 0 Å². The number of hydrogen-bond donors (Lipinski definition) is 1. The molecule has 17 heavy (non-hydrogen) atoms. The first-order valence-corrected chi connectivity index (χ1v) is 6.27. The van der Waals surface area contributed by atoms with E-state index in [4.69, 9.17) is 9.15 Å². The largest absolute Gasteiger partial charge is 0.443 e. The number of aromatic nitrogens is 1. The molecule has 1 rings (SSSR count). The molecule has 0 unspecified atom stereocenters. The third kappa shape index (κ3) is 6.44. The molecule has 0 radical (unpaired) electrons. The first-order chi connectivity index (χ1) is 8.01. The lowest BCUT2D eigenvalue weighted by Gasteiger charge is -2.19. The molecule has 0 fully saturated rings. The molecule has 4 heteroatoms. The topological polar surface area (TPSA) is 47.3 Å². The van der Waals surface area contributed by atoms with Crippen LogP contribution in [0, 0.1) is 0 Å². The zero-order valence-electron chi connectivity index (χ0n) is 11.4. The summed E-state index contributed by atoms with van der Waals surface area (Å²) >= 11 is 0. The number of rotatable bonds is 7. The van der Waals surface area contributed by atoms with Gasteiger partial charge in [0.2, 0.25) is 0 Å². The van der Waals surface area contributed by atoms with Crippen LogP contribution in [0.3, 0.4) is 0 Å². The van der Waals surface area contributed by atoms with Crippen LogP contribution in [0.25, 0.3) is 0 Å². The van der Waals surface area contributed by atoms with Crippen LogP contribution < -0.4 is 5.32 Å². The highest BCUT2D eigenvalue weighted by molar-refractivity contribution is 4.92. The lowest BCUT2D eigenvalue weighted by molar-refractivity contribution is 0.117. The highest BCUT2D eigenvalue weighted by Crippen LogP contribution is 2.07. The predicted octanol–water partition coefficient (Wildman–Crippen LogP) is 2.53. The Balaban J connectivity index is 2.21. The molecule has 0 atom stereocenters. The van der Waals surface area contributed by atoms with E-state index in [0.29, 0.717) is 13.2 Å². The van der Waals surface area contributed by atoms with Gasteiger partial charge in [-0.05, 0) is 40.7 Å². The third-order valence-corrected chi connectivity index (χ3v) is 2.27. The van der Waals surface area contributed by atoms with Gasteiger partial charge in [0.05, 0.1) is 6.20 Å². The smallest absolute Gasteiger partial charge is 0.194 e. The molecular formula is C13H24N2O2. The second-order valence-corrected chi connectivity index (χ2v) is 5.14. The van der Waals surface area contributed by atoms with Crippen molar-refractivity contribution >= 4 is 0 Å². The minimum absolute atomic E-state index is 0.177. The van der Waals surface area contributed by atoms with E-state index in [1.165, 1.54) is 0 Å². The molecule has 0 saturated heterocycles. The summed E-state index contributed by atoms with van der Waals surface area (Å²) in [6.45, 7) is 10.7. The van der Waals surface area contributed by atoms with Gasteiger partial charge in [-0.25, -0.2) is 4.98 Å². The second kappa shape index (κ2) is 6.77. The maximum Gasteiger partial charge on any atom is 0.194 e. The van der Waals surface area contributed by atoms with E-state index in [-0.39, 0.29) is 5.54 Å². The van der Waals surface area contributed by atoms with Crippen molar-refractivity contribution in [2.75, 3.05) is 13.2 Å². The summed E-state index contributed by atoms with van der Waals surface area (Å²) in [6.07, 6.45) is 3.66. The summed E-state index contributed by atoms with van der Waals surface area (Å²) in [7, 11) is 0. The number of nitrogens with one attached hydrogen (secondary N) is 1. The van der Waals surface area contributed by atoms with Gasteiger partial charge in [0.25, 0.3) is 0 Å². The molecule has 1 aromatic heterocycles. The average molecular weight is 240 g/mol. The quantitative estimate of drug-likeness (QED) is 0.744. The molecule has 0 aromatic carbocycles. The van der Waals surface area contributed by atoms with Crippen LogP contribution in [0.5, 0.6) is 0 Å². The highest BCUT2D eigenvalue weighted by atomic mass is 16.5. The highest BCUT2D eigenvalue weighted by Gasteiger charge is 2.08. The predicted molar refractivity (Wildman–Crippen MR) is 67.9 cm³/mol. The monoisotopic (exact) mass is 240 g/mol.